The van der Waals surface area contributed by atoms with E-state index >= 15 is 0 Å². The molecule has 0 aliphatic rings. The summed E-state index contributed by atoms with van der Waals surface area (Å²) < 4.78 is 4.60. The van der Waals surface area contributed by atoms with E-state index in [-0.39, 0.29) is 16.6 Å². The van der Waals surface area contributed by atoms with Gasteiger partial charge in [0, 0.05) is 12.6 Å². The molecule has 19 heavy (non-hydrogen) atoms. The predicted octanol–water partition coefficient (Wildman–Crippen LogP) is 2.98. The van der Waals surface area contributed by atoms with Crippen LogP contribution in [0.2, 0.25) is 0 Å². The van der Waals surface area contributed by atoms with Crippen molar-refractivity contribution in [2.75, 3.05) is 11.9 Å². The molecular formula is C12H16N4O3. The Morgan fingerprint density at radius 2 is 2.00 bits per heavy atom. The van der Waals surface area contributed by atoms with Gasteiger partial charge >= 0.3 is 5.69 Å². The topological polar surface area (TPSA) is 94.1 Å². The van der Waals surface area contributed by atoms with E-state index in [0.29, 0.717) is 11.2 Å². The van der Waals surface area contributed by atoms with Crippen LogP contribution in [-0.4, -0.2) is 21.8 Å². The van der Waals surface area contributed by atoms with Crippen LogP contribution in [0.25, 0.3) is 11.0 Å². The van der Waals surface area contributed by atoms with Crippen molar-refractivity contribution in [3.63, 3.8) is 0 Å². The summed E-state index contributed by atoms with van der Waals surface area (Å²) in [5, 5.41) is 21.4. The molecule has 1 aromatic heterocycles. The van der Waals surface area contributed by atoms with Gasteiger partial charge in [0.05, 0.1) is 10.6 Å². The number of hydrogen-bond donors (Lipinski definition) is 1. The lowest BCUT2D eigenvalue weighted by atomic mass is 9.92. The van der Waals surface area contributed by atoms with Crippen LogP contribution in [0.4, 0.5) is 11.4 Å². The molecule has 0 radical (unpaired) electrons. The Morgan fingerprint density at radius 1 is 1.32 bits per heavy atom. The number of rotatable bonds is 4. The molecule has 1 heterocycles. The van der Waals surface area contributed by atoms with Crippen molar-refractivity contribution in [1.82, 2.24) is 10.3 Å². The van der Waals surface area contributed by atoms with Crippen LogP contribution in [0.5, 0.6) is 0 Å². The Labute approximate surface area is 110 Å². The van der Waals surface area contributed by atoms with E-state index in [4.69, 9.17) is 0 Å². The summed E-state index contributed by atoms with van der Waals surface area (Å²) in [5.74, 6) is 0. The smallest absolute Gasteiger partial charge is 0.300 e. The molecule has 7 heteroatoms. The fourth-order valence-electron chi connectivity index (χ4n) is 1.72. The molecule has 0 aliphatic carbocycles. The van der Waals surface area contributed by atoms with Crippen LogP contribution in [0.3, 0.4) is 0 Å². The number of fused-ring (bicyclic) bond motifs is 1. The number of nitrogens with one attached hydrogen (secondary N) is 1. The Morgan fingerprint density at radius 3 is 2.63 bits per heavy atom. The van der Waals surface area contributed by atoms with Gasteiger partial charge in [0.25, 0.3) is 0 Å². The van der Waals surface area contributed by atoms with Crippen LogP contribution in [-0.2, 0) is 0 Å². The normalized spacial score (nSPS) is 11.7. The Hall–Kier alpha value is -2.18. The first kappa shape index (κ1) is 13.3. The molecule has 0 saturated heterocycles. The van der Waals surface area contributed by atoms with Gasteiger partial charge in [-0.1, -0.05) is 20.8 Å². The second-order valence-corrected chi connectivity index (χ2v) is 5.59. The van der Waals surface area contributed by atoms with E-state index in [1.807, 2.05) is 0 Å². The highest BCUT2D eigenvalue weighted by atomic mass is 16.6. The summed E-state index contributed by atoms with van der Waals surface area (Å²) in [6, 6.07) is 3.04. The van der Waals surface area contributed by atoms with Gasteiger partial charge in [-0.3, -0.25) is 10.1 Å². The molecule has 0 atom stereocenters. The van der Waals surface area contributed by atoms with Crippen molar-refractivity contribution in [3.8, 4) is 0 Å². The second-order valence-electron chi connectivity index (χ2n) is 5.59. The van der Waals surface area contributed by atoms with Crippen molar-refractivity contribution >= 4 is 22.4 Å². The Bertz CT molecular complexity index is 601. The number of nitrogens with zero attached hydrogens (tertiary/aromatic N) is 3. The first-order valence-corrected chi connectivity index (χ1v) is 6.02. The van der Waals surface area contributed by atoms with Gasteiger partial charge in [-0.25, -0.2) is 4.63 Å². The fourth-order valence-corrected chi connectivity index (χ4v) is 1.72. The van der Waals surface area contributed by atoms with E-state index in [1.54, 1.807) is 6.07 Å². The van der Waals surface area contributed by atoms with Crippen molar-refractivity contribution < 1.29 is 9.55 Å². The SMILES string of the molecule is CC(C)(C)CCNc1ccc([N+](=O)[O-])c2nonc12. The lowest BCUT2D eigenvalue weighted by Gasteiger charge is -2.18. The lowest BCUT2D eigenvalue weighted by molar-refractivity contribution is -0.383. The largest absolute Gasteiger partial charge is 0.383 e. The number of nitro groups is 1. The summed E-state index contributed by atoms with van der Waals surface area (Å²) in [5.41, 5.74) is 1.38. The maximum atomic E-state index is 10.8. The zero-order valence-electron chi connectivity index (χ0n) is 11.1. The van der Waals surface area contributed by atoms with Crippen molar-refractivity contribution in [3.05, 3.63) is 22.2 Å². The molecule has 0 aliphatic heterocycles. The maximum absolute atomic E-state index is 10.8. The van der Waals surface area contributed by atoms with E-state index in [2.05, 4.69) is 41.0 Å². The summed E-state index contributed by atoms with van der Waals surface area (Å²) in [6.07, 6.45) is 0.969. The minimum atomic E-state index is -0.495. The highest BCUT2D eigenvalue weighted by Crippen LogP contribution is 2.29. The van der Waals surface area contributed by atoms with Crippen LogP contribution in [0, 0.1) is 15.5 Å². The lowest BCUT2D eigenvalue weighted by Crippen LogP contribution is -2.13. The molecular weight excluding hydrogens is 248 g/mol. The van der Waals surface area contributed by atoms with E-state index in [9.17, 15) is 10.1 Å². The maximum Gasteiger partial charge on any atom is 0.300 e. The first-order valence-electron chi connectivity index (χ1n) is 6.02. The molecule has 0 amide bonds. The summed E-state index contributed by atoms with van der Waals surface area (Å²) >= 11 is 0. The van der Waals surface area contributed by atoms with Gasteiger partial charge in [-0.2, -0.15) is 0 Å². The van der Waals surface area contributed by atoms with E-state index in [0.717, 1.165) is 13.0 Å². The molecule has 0 saturated carbocycles. The predicted molar refractivity (Wildman–Crippen MR) is 71.0 cm³/mol. The molecule has 1 N–H and O–H groups in total. The molecule has 0 spiro atoms. The van der Waals surface area contributed by atoms with Gasteiger partial charge in [0.2, 0.25) is 5.52 Å². The van der Waals surface area contributed by atoms with Crippen LogP contribution < -0.4 is 5.32 Å². The third-order valence-electron chi connectivity index (χ3n) is 2.78. The Balaban J connectivity index is 2.23. The fraction of sp³-hybridized carbons (Fsp3) is 0.500. The average molecular weight is 264 g/mol. The van der Waals surface area contributed by atoms with Gasteiger partial charge in [-0.15, -0.1) is 0 Å². The second kappa shape index (κ2) is 4.83. The van der Waals surface area contributed by atoms with Crippen LogP contribution >= 0.6 is 0 Å². The molecule has 2 aromatic rings. The molecule has 0 bridgehead atoms. The van der Waals surface area contributed by atoms with Gasteiger partial charge in [-0.05, 0) is 28.2 Å². The standard InChI is InChI=1S/C12H16N4O3/c1-12(2,3)6-7-13-8-4-5-9(16(17)18)11-10(8)14-19-15-11/h4-5,13H,6-7H2,1-3H3. The van der Waals surface area contributed by atoms with Gasteiger partial charge in [0.1, 0.15) is 0 Å². The highest BCUT2D eigenvalue weighted by molar-refractivity contribution is 5.93. The van der Waals surface area contributed by atoms with Crippen molar-refractivity contribution in [2.24, 2.45) is 5.41 Å². The van der Waals surface area contributed by atoms with Gasteiger partial charge in [0.15, 0.2) is 5.52 Å². The summed E-state index contributed by atoms with van der Waals surface area (Å²) in [4.78, 5) is 10.4. The number of benzene rings is 1. The minimum absolute atomic E-state index is 0.0994. The number of anilines is 1. The van der Waals surface area contributed by atoms with Gasteiger partial charge < -0.3 is 5.32 Å². The van der Waals surface area contributed by atoms with Crippen LogP contribution in [0.15, 0.2) is 16.8 Å². The molecule has 102 valence electrons. The molecule has 2 rings (SSSR count). The summed E-state index contributed by atoms with van der Waals surface area (Å²) in [6.45, 7) is 7.20. The quantitative estimate of drug-likeness (QED) is 0.673. The van der Waals surface area contributed by atoms with Crippen molar-refractivity contribution in [2.45, 2.75) is 27.2 Å². The average Bonchev–Trinajstić information content (AvgIpc) is 2.76. The molecule has 1 aromatic carbocycles. The monoisotopic (exact) mass is 264 g/mol. The minimum Gasteiger partial charge on any atom is -0.383 e. The molecule has 7 nitrogen and oxygen atoms in total. The Kier molecular flexibility index (Phi) is 3.37. The zero-order valence-corrected chi connectivity index (χ0v) is 11.1. The summed E-state index contributed by atoms with van der Waals surface area (Å²) in [7, 11) is 0. The molecule has 0 fully saturated rings. The molecule has 0 unspecified atom stereocenters. The third kappa shape index (κ3) is 2.98. The third-order valence-corrected chi connectivity index (χ3v) is 2.78. The number of hydrogen-bond acceptors (Lipinski definition) is 6. The van der Waals surface area contributed by atoms with E-state index < -0.39 is 4.92 Å². The number of aromatic nitrogens is 2. The number of non-ortho nitro benzene ring substituents is 1. The van der Waals surface area contributed by atoms with E-state index in [1.165, 1.54) is 6.07 Å². The first-order chi connectivity index (χ1) is 8.88. The zero-order chi connectivity index (χ0) is 14.0. The number of nitro benzene ring substituents is 1. The van der Waals surface area contributed by atoms with Crippen molar-refractivity contribution in [1.29, 1.82) is 0 Å². The van der Waals surface area contributed by atoms with Crippen LogP contribution in [0.1, 0.15) is 27.2 Å². The highest BCUT2D eigenvalue weighted by Gasteiger charge is 2.19.